The lowest BCUT2D eigenvalue weighted by Gasteiger charge is -2.35. The maximum atomic E-state index is 12.8. The number of fused-ring (bicyclic) bond motifs is 3. The number of nitrogens with one attached hydrogen (secondary N) is 1. The molecular weight excluding hydrogens is 302 g/mol. The molecule has 0 spiro atoms. The minimum Gasteiger partial charge on any atom is -0.493 e. The van der Waals surface area contributed by atoms with Crippen molar-refractivity contribution in [3.05, 3.63) is 47.2 Å². The van der Waals surface area contributed by atoms with E-state index >= 15 is 0 Å². The van der Waals surface area contributed by atoms with Crippen molar-refractivity contribution in [1.29, 1.82) is 0 Å². The largest absolute Gasteiger partial charge is 0.493 e. The van der Waals surface area contributed by atoms with E-state index in [9.17, 15) is 9.59 Å². The van der Waals surface area contributed by atoms with Crippen molar-refractivity contribution in [2.75, 3.05) is 13.7 Å². The lowest BCUT2D eigenvalue weighted by molar-refractivity contribution is -0.127. The highest BCUT2D eigenvalue weighted by Gasteiger charge is 2.52. The molecular formula is C20H21NO3. The Hall–Kier alpha value is -2.54. The van der Waals surface area contributed by atoms with Crippen LogP contribution in [0.4, 0.5) is 0 Å². The van der Waals surface area contributed by atoms with E-state index in [1.54, 1.807) is 6.08 Å². The van der Waals surface area contributed by atoms with E-state index in [1.807, 2.05) is 12.1 Å². The van der Waals surface area contributed by atoms with Gasteiger partial charge in [-0.3, -0.25) is 9.59 Å². The van der Waals surface area contributed by atoms with Crippen LogP contribution in [0.5, 0.6) is 0 Å². The molecule has 0 saturated carbocycles. The van der Waals surface area contributed by atoms with E-state index < -0.39 is 5.92 Å². The van der Waals surface area contributed by atoms with Crippen molar-refractivity contribution in [3.63, 3.8) is 0 Å². The summed E-state index contributed by atoms with van der Waals surface area (Å²) in [6, 6.07) is 8.13. The lowest BCUT2D eigenvalue weighted by atomic mass is 9.67. The molecule has 2 aliphatic rings. The van der Waals surface area contributed by atoms with Crippen molar-refractivity contribution in [1.82, 2.24) is 5.32 Å². The molecule has 1 N–H and O–H groups in total. The number of methoxy groups -OCH3 is 1. The van der Waals surface area contributed by atoms with E-state index in [1.165, 1.54) is 12.7 Å². The average Bonchev–Trinajstić information content (AvgIpc) is 2.80. The molecule has 0 fully saturated rings. The lowest BCUT2D eigenvalue weighted by Crippen LogP contribution is -2.41. The van der Waals surface area contributed by atoms with Gasteiger partial charge in [0.25, 0.3) is 0 Å². The second-order valence-electron chi connectivity index (χ2n) is 6.70. The molecule has 0 aromatic heterocycles. The van der Waals surface area contributed by atoms with Crippen LogP contribution in [0.25, 0.3) is 0 Å². The Labute approximate surface area is 142 Å². The first kappa shape index (κ1) is 16.3. The fourth-order valence-electron chi connectivity index (χ4n) is 4.12. The molecule has 2 aliphatic carbocycles. The van der Waals surface area contributed by atoms with Crippen LogP contribution >= 0.6 is 0 Å². The molecule has 4 nitrogen and oxygen atoms in total. The summed E-state index contributed by atoms with van der Waals surface area (Å²) in [6.07, 6.45) is 8.05. The van der Waals surface area contributed by atoms with Crippen molar-refractivity contribution in [2.24, 2.45) is 11.3 Å². The summed E-state index contributed by atoms with van der Waals surface area (Å²) in [5, 5.41) is 2.77. The molecule has 0 unspecified atom stereocenters. The summed E-state index contributed by atoms with van der Waals surface area (Å²) < 4.78 is 5.26. The number of hydrogen-bond acceptors (Lipinski definition) is 3. The molecule has 0 aliphatic heterocycles. The zero-order chi connectivity index (χ0) is 17.3. The molecule has 0 bridgehead atoms. The number of benzene rings is 1. The molecule has 4 heteroatoms. The van der Waals surface area contributed by atoms with Gasteiger partial charge in [0.15, 0.2) is 11.5 Å². The number of ether oxygens (including phenoxy) is 1. The van der Waals surface area contributed by atoms with Crippen LogP contribution in [0, 0.1) is 23.7 Å². The molecule has 1 amide bonds. The second-order valence-corrected chi connectivity index (χ2v) is 6.70. The highest BCUT2D eigenvalue weighted by atomic mass is 16.5. The van der Waals surface area contributed by atoms with Crippen LogP contribution in [0.15, 0.2) is 36.1 Å². The highest BCUT2D eigenvalue weighted by molar-refractivity contribution is 5.96. The van der Waals surface area contributed by atoms with E-state index in [2.05, 4.69) is 30.3 Å². The minimum absolute atomic E-state index is 0.00770. The first-order chi connectivity index (χ1) is 11.5. The number of ketones is 1. The minimum atomic E-state index is -0.468. The number of allylic oxidation sites excluding steroid dienone is 1. The van der Waals surface area contributed by atoms with E-state index in [4.69, 9.17) is 11.2 Å². The molecule has 0 heterocycles. The Bertz CT molecular complexity index is 758. The van der Waals surface area contributed by atoms with Gasteiger partial charge < -0.3 is 10.1 Å². The van der Waals surface area contributed by atoms with Crippen LogP contribution in [-0.4, -0.2) is 25.3 Å². The van der Waals surface area contributed by atoms with Crippen LogP contribution in [0.2, 0.25) is 0 Å². The molecule has 3 rings (SSSR count). The number of amides is 1. The van der Waals surface area contributed by atoms with Crippen molar-refractivity contribution in [3.8, 4) is 12.3 Å². The third kappa shape index (κ3) is 2.50. The van der Waals surface area contributed by atoms with E-state index in [0.29, 0.717) is 6.42 Å². The zero-order valence-corrected chi connectivity index (χ0v) is 14.0. The smallest absolute Gasteiger partial charge is 0.228 e. The van der Waals surface area contributed by atoms with E-state index in [-0.39, 0.29) is 35.3 Å². The first-order valence-electron chi connectivity index (χ1n) is 8.09. The van der Waals surface area contributed by atoms with Gasteiger partial charge in [0.1, 0.15) is 0 Å². The number of terminal acetylenes is 1. The van der Waals surface area contributed by atoms with Gasteiger partial charge in [-0.15, -0.1) is 6.42 Å². The Balaban J connectivity index is 2.07. The van der Waals surface area contributed by atoms with Gasteiger partial charge in [0.05, 0.1) is 19.6 Å². The molecule has 3 atom stereocenters. The Morgan fingerprint density at radius 3 is 2.92 bits per heavy atom. The van der Waals surface area contributed by atoms with Gasteiger partial charge in [0.2, 0.25) is 5.91 Å². The fraction of sp³-hybridized carbons (Fsp3) is 0.400. The number of rotatable bonds is 3. The highest BCUT2D eigenvalue weighted by Crippen LogP contribution is 2.55. The molecule has 0 radical (unpaired) electrons. The topological polar surface area (TPSA) is 55.4 Å². The summed E-state index contributed by atoms with van der Waals surface area (Å²) in [7, 11) is 1.47. The monoisotopic (exact) mass is 323 g/mol. The van der Waals surface area contributed by atoms with Crippen LogP contribution in [-0.2, 0) is 20.7 Å². The standard InChI is InChI=1S/C20H21NO3/c1-4-9-21-19(23)16-11-18(24-3)17(22)10-15-14-8-6-5-7-13(14)12-20(15,16)2/h1,5-8,11,15-16H,9-10,12H2,2-3H3,(H,21,23)/t15-,16+,20-/m0/s1. The summed E-state index contributed by atoms with van der Waals surface area (Å²) in [5.74, 6) is 2.00. The maximum absolute atomic E-state index is 12.8. The summed E-state index contributed by atoms with van der Waals surface area (Å²) in [6.45, 7) is 2.26. The van der Waals surface area contributed by atoms with Crippen molar-refractivity contribution < 1.29 is 14.3 Å². The van der Waals surface area contributed by atoms with Gasteiger partial charge in [0, 0.05) is 6.42 Å². The average molecular weight is 323 g/mol. The molecule has 124 valence electrons. The second kappa shape index (κ2) is 6.16. The van der Waals surface area contributed by atoms with Gasteiger partial charge in [-0.2, -0.15) is 0 Å². The van der Waals surface area contributed by atoms with Gasteiger partial charge in [-0.25, -0.2) is 0 Å². The van der Waals surface area contributed by atoms with Gasteiger partial charge >= 0.3 is 0 Å². The number of hydrogen-bond donors (Lipinski definition) is 1. The first-order valence-corrected chi connectivity index (χ1v) is 8.09. The number of carbonyl (C=O) groups excluding carboxylic acids is 2. The van der Waals surface area contributed by atoms with Crippen LogP contribution in [0.1, 0.15) is 30.4 Å². The summed E-state index contributed by atoms with van der Waals surface area (Å²) in [5.41, 5.74) is 1.99. The predicted octanol–water partition coefficient (Wildman–Crippen LogP) is 2.20. The van der Waals surface area contributed by atoms with Crippen LogP contribution < -0.4 is 5.32 Å². The number of carbonyl (C=O) groups is 2. The zero-order valence-electron chi connectivity index (χ0n) is 14.0. The van der Waals surface area contributed by atoms with Crippen LogP contribution in [0.3, 0.4) is 0 Å². The summed E-state index contributed by atoms with van der Waals surface area (Å²) >= 11 is 0. The third-order valence-electron chi connectivity index (χ3n) is 5.36. The maximum Gasteiger partial charge on any atom is 0.228 e. The summed E-state index contributed by atoms with van der Waals surface area (Å²) in [4.78, 5) is 25.3. The predicted molar refractivity (Wildman–Crippen MR) is 91.0 cm³/mol. The van der Waals surface area contributed by atoms with E-state index in [0.717, 1.165) is 12.0 Å². The normalized spacial score (nSPS) is 28.0. The molecule has 0 saturated heterocycles. The van der Waals surface area contributed by atoms with Crippen molar-refractivity contribution in [2.45, 2.75) is 25.7 Å². The molecule has 1 aromatic carbocycles. The fourth-order valence-corrected chi connectivity index (χ4v) is 4.12. The number of Topliss-reactive ketones (excluding diaryl/α,β-unsaturated/α-hetero) is 1. The van der Waals surface area contributed by atoms with Gasteiger partial charge in [-0.05, 0) is 35.0 Å². The Kier molecular flexibility index (Phi) is 4.19. The molecule has 1 aromatic rings. The van der Waals surface area contributed by atoms with Crippen molar-refractivity contribution >= 4 is 11.7 Å². The third-order valence-corrected chi connectivity index (χ3v) is 5.36. The SMILES string of the molecule is C#CCNC(=O)[C@H]1C=C(OC)C(=O)C[C@H]2c3ccccc3C[C@]12C. The quantitative estimate of drug-likeness (QED) is 0.868. The Morgan fingerprint density at radius 2 is 2.21 bits per heavy atom. The van der Waals surface area contributed by atoms with Gasteiger partial charge in [-0.1, -0.05) is 37.1 Å². The molecule has 24 heavy (non-hydrogen) atoms. The Morgan fingerprint density at radius 1 is 1.46 bits per heavy atom.